The predicted octanol–water partition coefficient (Wildman–Crippen LogP) is 2.25. The largest absolute Gasteiger partial charge is 0.335 e. The van der Waals surface area contributed by atoms with Crippen molar-refractivity contribution in [3.05, 3.63) is 66.2 Å². The number of likely N-dealkylation sites (tertiary alicyclic amines) is 1. The number of rotatable bonds is 4. The standard InChI is InChI=1S/C21H22N6O.ClH/c28-19(9-18-24-21(26-25-18)15-7-4-8-22-10-15)27-13-16-11-23-12-17(16)20(27)14-5-2-1-3-6-14;/h1-8,10,16-17,20,23H,9,11-13H2,(H,24,25,26);1H/t16-,17-,20+;/m0./s1. The molecule has 150 valence electrons. The molecule has 2 aliphatic heterocycles. The van der Waals surface area contributed by atoms with Crippen molar-refractivity contribution in [1.82, 2.24) is 30.4 Å². The highest BCUT2D eigenvalue weighted by Crippen LogP contribution is 2.42. The molecule has 7 nitrogen and oxygen atoms in total. The van der Waals surface area contributed by atoms with Crippen LogP contribution in [0.4, 0.5) is 0 Å². The minimum Gasteiger partial charge on any atom is -0.335 e. The molecule has 0 aliphatic carbocycles. The molecule has 8 heteroatoms. The van der Waals surface area contributed by atoms with Crippen molar-refractivity contribution in [3.8, 4) is 11.4 Å². The van der Waals surface area contributed by atoms with Gasteiger partial charge in [-0.25, -0.2) is 4.98 Å². The van der Waals surface area contributed by atoms with Crippen LogP contribution in [-0.2, 0) is 11.2 Å². The zero-order chi connectivity index (χ0) is 18.9. The highest BCUT2D eigenvalue weighted by atomic mass is 35.5. The number of fused-ring (bicyclic) bond motifs is 1. The third-order valence-corrected chi connectivity index (χ3v) is 5.80. The van der Waals surface area contributed by atoms with Gasteiger partial charge in [0, 0.05) is 43.5 Å². The fourth-order valence-corrected chi connectivity index (χ4v) is 4.50. The van der Waals surface area contributed by atoms with Gasteiger partial charge in [0.25, 0.3) is 0 Å². The SMILES string of the molecule is Cl.O=C(Cc1nc(-c2cccnc2)n[nH]1)N1C[C@@H]2CNC[C@@H]2[C@H]1c1ccccc1. The third-order valence-electron chi connectivity index (χ3n) is 5.80. The molecule has 29 heavy (non-hydrogen) atoms. The lowest BCUT2D eigenvalue weighted by Crippen LogP contribution is -2.35. The smallest absolute Gasteiger partial charge is 0.230 e. The first-order chi connectivity index (χ1) is 13.8. The summed E-state index contributed by atoms with van der Waals surface area (Å²) < 4.78 is 0. The molecule has 3 atom stereocenters. The van der Waals surface area contributed by atoms with Crippen LogP contribution in [0.1, 0.15) is 17.4 Å². The Labute approximate surface area is 175 Å². The number of nitrogens with one attached hydrogen (secondary N) is 2. The van der Waals surface area contributed by atoms with Gasteiger partial charge < -0.3 is 10.2 Å². The van der Waals surface area contributed by atoms with Gasteiger partial charge in [0.15, 0.2) is 5.82 Å². The molecule has 1 amide bonds. The van der Waals surface area contributed by atoms with Crippen LogP contribution < -0.4 is 5.32 Å². The Balaban J connectivity index is 0.00000205. The first-order valence-electron chi connectivity index (χ1n) is 9.66. The first kappa shape index (κ1) is 19.5. The van der Waals surface area contributed by atoms with Crippen LogP contribution in [0, 0.1) is 11.8 Å². The van der Waals surface area contributed by atoms with E-state index in [1.165, 1.54) is 5.56 Å². The normalized spacial score (nSPS) is 22.9. The lowest BCUT2D eigenvalue weighted by atomic mass is 9.89. The number of carbonyl (C=O) groups excluding carboxylic acids is 1. The van der Waals surface area contributed by atoms with E-state index in [0.29, 0.717) is 23.5 Å². The maximum atomic E-state index is 13.2. The number of carbonyl (C=O) groups is 1. The predicted molar refractivity (Wildman–Crippen MR) is 111 cm³/mol. The Morgan fingerprint density at radius 3 is 2.79 bits per heavy atom. The quantitative estimate of drug-likeness (QED) is 0.688. The molecule has 1 aromatic carbocycles. The second-order valence-electron chi connectivity index (χ2n) is 7.51. The minimum atomic E-state index is 0. The summed E-state index contributed by atoms with van der Waals surface area (Å²) in [4.78, 5) is 23.8. The summed E-state index contributed by atoms with van der Waals surface area (Å²) in [6.45, 7) is 2.73. The number of pyridine rings is 1. The molecule has 0 saturated carbocycles. The van der Waals surface area contributed by atoms with E-state index in [0.717, 1.165) is 25.2 Å². The molecule has 2 saturated heterocycles. The van der Waals surface area contributed by atoms with Crippen LogP contribution in [0.3, 0.4) is 0 Å². The molecule has 0 radical (unpaired) electrons. The van der Waals surface area contributed by atoms with Gasteiger partial charge in [-0.05, 0) is 23.6 Å². The molecule has 3 aromatic rings. The summed E-state index contributed by atoms with van der Waals surface area (Å²) in [5.74, 6) is 2.22. The van der Waals surface area contributed by atoms with Gasteiger partial charge >= 0.3 is 0 Å². The number of nitrogens with zero attached hydrogens (tertiary/aromatic N) is 4. The average Bonchev–Trinajstić information content (AvgIpc) is 3.45. The molecule has 0 unspecified atom stereocenters. The molecule has 5 rings (SSSR count). The molecule has 0 bridgehead atoms. The van der Waals surface area contributed by atoms with Gasteiger partial charge in [0.05, 0.1) is 12.5 Å². The summed E-state index contributed by atoms with van der Waals surface area (Å²) in [7, 11) is 0. The van der Waals surface area contributed by atoms with Crippen molar-refractivity contribution in [2.75, 3.05) is 19.6 Å². The van der Waals surface area contributed by atoms with Crippen molar-refractivity contribution in [1.29, 1.82) is 0 Å². The van der Waals surface area contributed by atoms with Gasteiger partial charge in [0.2, 0.25) is 5.91 Å². The topological polar surface area (TPSA) is 86.8 Å². The second-order valence-corrected chi connectivity index (χ2v) is 7.51. The van der Waals surface area contributed by atoms with Crippen molar-refractivity contribution >= 4 is 18.3 Å². The molecule has 0 spiro atoms. The molecular weight excluding hydrogens is 388 g/mol. The summed E-state index contributed by atoms with van der Waals surface area (Å²) in [6, 6.07) is 14.2. The number of halogens is 1. The van der Waals surface area contributed by atoms with Crippen LogP contribution in [0.5, 0.6) is 0 Å². The summed E-state index contributed by atoms with van der Waals surface area (Å²) in [5, 5.41) is 10.6. The average molecular weight is 411 g/mol. The van der Waals surface area contributed by atoms with Crippen molar-refractivity contribution < 1.29 is 4.79 Å². The number of aromatic amines is 1. The van der Waals surface area contributed by atoms with Gasteiger partial charge in [-0.2, -0.15) is 5.10 Å². The number of hydrogen-bond donors (Lipinski definition) is 2. The van der Waals surface area contributed by atoms with Crippen molar-refractivity contribution in [3.63, 3.8) is 0 Å². The summed E-state index contributed by atoms with van der Waals surface area (Å²) >= 11 is 0. The zero-order valence-electron chi connectivity index (χ0n) is 15.9. The zero-order valence-corrected chi connectivity index (χ0v) is 16.7. The van der Waals surface area contributed by atoms with E-state index >= 15 is 0 Å². The van der Waals surface area contributed by atoms with E-state index in [-0.39, 0.29) is 30.8 Å². The van der Waals surface area contributed by atoms with Crippen molar-refractivity contribution in [2.24, 2.45) is 11.8 Å². The Morgan fingerprint density at radius 2 is 2.00 bits per heavy atom. The van der Waals surface area contributed by atoms with Gasteiger partial charge in [-0.15, -0.1) is 12.4 Å². The lowest BCUT2D eigenvalue weighted by molar-refractivity contribution is -0.132. The summed E-state index contributed by atoms with van der Waals surface area (Å²) in [6.07, 6.45) is 3.65. The highest BCUT2D eigenvalue weighted by molar-refractivity contribution is 5.85. The molecule has 2 aliphatic rings. The van der Waals surface area contributed by atoms with Crippen molar-refractivity contribution in [2.45, 2.75) is 12.5 Å². The Bertz CT molecular complexity index is 964. The Morgan fingerprint density at radius 1 is 1.14 bits per heavy atom. The Hall–Kier alpha value is -2.77. The molecule has 2 N–H and O–H groups in total. The maximum Gasteiger partial charge on any atom is 0.230 e. The molecule has 4 heterocycles. The van der Waals surface area contributed by atoms with Crippen LogP contribution >= 0.6 is 12.4 Å². The third kappa shape index (κ3) is 3.75. The van der Waals surface area contributed by atoms with E-state index in [2.05, 4.69) is 37.6 Å². The second kappa shape index (κ2) is 8.31. The van der Waals surface area contributed by atoms with Crippen LogP contribution in [-0.4, -0.2) is 50.6 Å². The molecule has 2 fully saturated rings. The fraction of sp³-hybridized carbons (Fsp3) is 0.333. The van der Waals surface area contributed by atoms with E-state index in [1.807, 2.05) is 35.2 Å². The maximum absolute atomic E-state index is 13.2. The molecular formula is C21H23ClN6O. The number of hydrogen-bond acceptors (Lipinski definition) is 5. The number of aromatic nitrogens is 4. The highest BCUT2D eigenvalue weighted by Gasteiger charge is 2.46. The fourth-order valence-electron chi connectivity index (χ4n) is 4.50. The lowest BCUT2D eigenvalue weighted by Gasteiger charge is -2.28. The first-order valence-corrected chi connectivity index (χ1v) is 9.66. The number of amides is 1. The minimum absolute atomic E-state index is 0. The monoisotopic (exact) mass is 410 g/mol. The van der Waals surface area contributed by atoms with Crippen LogP contribution in [0.15, 0.2) is 54.9 Å². The van der Waals surface area contributed by atoms with Crippen LogP contribution in [0.25, 0.3) is 11.4 Å². The van der Waals surface area contributed by atoms with Gasteiger partial charge in [0.1, 0.15) is 5.82 Å². The van der Waals surface area contributed by atoms with Crippen LogP contribution in [0.2, 0.25) is 0 Å². The van der Waals surface area contributed by atoms with E-state index in [9.17, 15) is 4.79 Å². The Kier molecular flexibility index (Phi) is 5.60. The van der Waals surface area contributed by atoms with E-state index in [4.69, 9.17) is 0 Å². The number of H-pyrrole nitrogens is 1. The number of benzene rings is 1. The van der Waals surface area contributed by atoms with E-state index < -0.39 is 0 Å². The summed E-state index contributed by atoms with van der Waals surface area (Å²) in [5.41, 5.74) is 2.04. The van der Waals surface area contributed by atoms with E-state index in [1.54, 1.807) is 12.4 Å². The van der Waals surface area contributed by atoms with Gasteiger partial charge in [-0.3, -0.25) is 14.9 Å². The van der Waals surface area contributed by atoms with Gasteiger partial charge in [-0.1, -0.05) is 30.3 Å². The molecule has 2 aromatic heterocycles.